The van der Waals surface area contributed by atoms with Crippen LogP contribution in [0.5, 0.6) is 0 Å². The molecule has 112 valence electrons. The smallest absolute Gasteiger partial charge is 0.419 e. The zero-order valence-corrected chi connectivity index (χ0v) is 11.4. The molecule has 0 atom stereocenters. The van der Waals surface area contributed by atoms with Crippen LogP contribution in [0.25, 0.3) is 5.69 Å². The Hall–Kier alpha value is -2.22. The van der Waals surface area contributed by atoms with E-state index in [0.29, 0.717) is 6.20 Å². The minimum Gasteiger partial charge on any atom is -0.465 e. The molecule has 0 aliphatic rings. The number of ether oxygens (including phenoxy) is 1. The van der Waals surface area contributed by atoms with Gasteiger partial charge in [-0.1, -0.05) is 11.6 Å². The maximum atomic E-state index is 12.6. The minimum absolute atomic E-state index is 0.0211. The lowest BCUT2D eigenvalue weighted by atomic mass is 10.1. The summed E-state index contributed by atoms with van der Waals surface area (Å²) in [6.07, 6.45) is -3.19. The van der Waals surface area contributed by atoms with Crippen LogP contribution in [-0.4, -0.2) is 22.9 Å². The van der Waals surface area contributed by atoms with E-state index >= 15 is 0 Å². The molecule has 0 radical (unpaired) electrons. The van der Waals surface area contributed by atoms with Crippen LogP contribution in [0.15, 0.2) is 24.5 Å². The molecule has 2 rings (SSSR count). The molecule has 0 fully saturated rings. The number of benzene rings is 1. The number of nitrogens with zero attached hydrogens (tertiary/aromatic N) is 2. The number of nitrogens with two attached hydrogens (primary N) is 1. The molecule has 1 aromatic heterocycles. The fourth-order valence-electron chi connectivity index (χ4n) is 1.71. The number of carbonyl (C=O) groups is 1. The maximum Gasteiger partial charge on any atom is 0.419 e. The molecule has 0 saturated carbocycles. The molecule has 0 amide bonds. The summed E-state index contributed by atoms with van der Waals surface area (Å²) in [5.74, 6) is -0.789. The first kappa shape index (κ1) is 15.2. The number of nitrogen functional groups attached to an aromatic ring is 1. The van der Waals surface area contributed by atoms with Crippen molar-refractivity contribution in [3.63, 3.8) is 0 Å². The van der Waals surface area contributed by atoms with Crippen molar-refractivity contribution in [2.75, 3.05) is 12.8 Å². The van der Waals surface area contributed by atoms with E-state index in [9.17, 15) is 18.0 Å². The minimum atomic E-state index is -4.55. The van der Waals surface area contributed by atoms with Crippen LogP contribution < -0.4 is 5.73 Å². The van der Waals surface area contributed by atoms with Crippen LogP contribution in [0.2, 0.25) is 5.02 Å². The van der Waals surface area contributed by atoms with Crippen molar-refractivity contribution < 1.29 is 22.7 Å². The molecule has 0 aliphatic carbocycles. The van der Waals surface area contributed by atoms with Gasteiger partial charge in [0.15, 0.2) is 0 Å². The highest BCUT2D eigenvalue weighted by atomic mass is 35.5. The monoisotopic (exact) mass is 319 g/mol. The van der Waals surface area contributed by atoms with Crippen LogP contribution in [0.3, 0.4) is 0 Å². The van der Waals surface area contributed by atoms with E-state index in [2.05, 4.69) is 9.84 Å². The Morgan fingerprint density at radius 2 is 2.10 bits per heavy atom. The molecule has 0 spiro atoms. The van der Waals surface area contributed by atoms with Gasteiger partial charge in [-0.2, -0.15) is 18.3 Å². The van der Waals surface area contributed by atoms with Gasteiger partial charge in [-0.25, -0.2) is 9.48 Å². The number of halogens is 4. The average molecular weight is 320 g/mol. The van der Waals surface area contributed by atoms with Crippen LogP contribution in [0.1, 0.15) is 15.9 Å². The Morgan fingerprint density at radius 3 is 2.62 bits per heavy atom. The number of hydrogen-bond donors (Lipinski definition) is 1. The Morgan fingerprint density at radius 1 is 1.43 bits per heavy atom. The Balaban J connectivity index is 2.63. The molecule has 0 bridgehead atoms. The molecule has 1 aromatic carbocycles. The van der Waals surface area contributed by atoms with Gasteiger partial charge in [-0.3, -0.25) is 0 Å². The third-order valence-electron chi connectivity index (χ3n) is 2.63. The molecule has 9 heteroatoms. The third kappa shape index (κ3) is 2.94. The van der Waals surface area contributed by atoms with Gasteiger partial charge in [0.05, 0.1) is 35.1 Å². The number of anilines is 1. The Labute approximate surface area is 122 Å². The fraction of sp³-hybridized carbons (Fsp3) is 0.167. The highest BCUT2D eigenvalue weighted by molar-refractivity contribution is 6.33. The highest BCUT2D eigenvalue weighted by Crippen LogP contribution is 2.32. The van der Waals surface area contributed by atoms with Crippen molar-refractivity contribution in [2.45, 2.75) is 6.18 Å². The first-order valence-electron chi connectivity index (χ1n) is 5.53. The van der Waals surface area contributed by atoms with E-state index in [1.807, 2.05) is 0 Å². The van der Waals surface area contributed by atoms with Crippen molar-refractivity contribution in [3.8, 4) is 5.69 Å². The predicted octanol–water partition coefficient (Wildman–Crippen LogP) is 2.91. The molecule has 0 saturated heterocycles. The van der Waals surface area contributed by atoms with Gasteiger partial charge in [-0.05, 0) is 12.1 Å². The lowest BCUT2D eigenvalue weighted by molar-refractivity contribution is -0.137. The molecular formula is C12H9ClF3N3O2. The largest absolute Gasteiger partial charge is 0.465 e. The summed E-state index contributed by atoms with van der Waals surface area (Å²) in [5.41, 5.74) is 4.66. The van der Waals surface area contributed by atoms with Crippen molar-refractivity contribution in [1.29, 1.82) is 0 Å². The van der Waals surface area contributed by atoms with Crippen molar-refractivity contribution in [1.82, 2.24) is 9.78 Å². The normalized spacial score (nSPS) is 11.5. The number of hydrogen-bond acceptors (Lipinski definition) is 4. The van der Waals surface area contributed by atoms with E-state index in [1.165, 1.54) is 12.1 Å². The van der Waals surface area contributed by atoms with E-state index < -0.39 is 17.7 Å². The van der Waals surface area contributed by atoms with Gasteiger partial charge in [-0.15, -0.1) is 0 Å². The summed E-state index contributed by atoms with van der Waals surface area (Å²) in [7, 11) is 1.13. The van der Waals surface area contributed by atoms with Gasteiger partial charge < -0.3 is 10.5 Å². The summed E-state index contributed by atoms with van der Waals surface area (Å²) in [6, 6.07) is 2.56. The molecule has 2 N–H and O–H groups in total. The first-order chi connectivity index (χ1) is 9.74. The molecule has 0 unspecified atom stereocenters. The van der Waals surface area contributed by atoms with E-state index in [0.717, 1.165) is 18.0 Å². The zero-order valence-electron chi connectivity index (χ0n) is 10.6. The number of methoxy groups -OCH3 is 1. The number of esters is 1. The van der Waals surface area contributed by atoms with Gasteiger partial charge in [0.2, 0.25) is 0 Å². The molecule has 2 aromatic rings. The summed E-state index contributed by atoms with van der Waals surface area (Å²) in [6.45, 7) is 0. The van der Waals surface area contributed by atoms with Crippen molar-refractivity contribution >= 4 is 23.3 Å². The molecule has 21 heavy (non-hydrogen) atoms. The van der Waals surface area contributed by atoms with E-state index in [4.69, 9.17) is 17.3 Å². The molecule has 0 aliphatic heterocycles. The van der Waals surface area contributed by atoms with Gasteiger partial charge in [0, 0.05) is 11.9 Å². The summed E-state index contributed by atoms with van der Waals surface area (Å²) in [5, 5.41) is 3.56. The second kappa shape index (κ2) is 5.28. The van der Waals surface area contributed by atoms with Crippen molar-refractivity contribution in [3.05, 3.63) is 40.7 Å². The van der Waals surface area contributed by atoms with Crippen LogP contribution in [-0.2, 0) is 10.9 Å². The van der Waals surface area contributed by atoms with Gasteiger partial charge in [0.25, 0.3) is 0 Å². The van der Waals surface area contributed by atoms with Gasteiger partial charge in [0.1, 0.15) is 0 Å². The Kier molecular flexibility index (Phi) is 3.82. The number of rotatable bonds is 2. The first-order valence-corrected chi connectivity index (χ1v) is 5.91. The van der Waals surface area contributed by atoms with Crippen LogP contribution in [0.4, 0.5) is 18.9 Å². The van der Waals surface area contributed by atoms with E-state index in [-0.39, 0.29) is 22.0 Å². The average Bonchev–Trinajstić information content (AvgIpc) is 2.86. The topological polar surface area (TPSA) is 70.1 Å². The lowest BCUT2D eigenvalue weighted by Crippen LogP contribution is -2.10. The molecular weight excluding hydrogens is 311 g/mol. The van der Waals surface area contributed by atoms with Crippen LogP contribution in [0, 0.1) is 0 Å². The number of alkyl halides is 3. The zero-order chi connectivity index (χ0) is 15.8. The predicted molar refractivity (Wildman–Crippen MR) is 69.3 cm³/mol. The second-order valence-corrected chi connectivity index (χ2v) is 4.47. The Bertz CT molecular complexity index is 698. The van der Waals surface area contributed by atoms with E-state index in [1.54, 1.807) is 0 Å². The number of aromatic nitrogens is 2. The SMILES string of the molecule is COC(=O)c1cc(N)cc(Cl)c1-n1cc(C(F)(F)F)cn1. The van der Waals surface area contributed by atoms with Gasteiger partial charge >= 0.3 is 12.1 Å². The quantitative estimate of drug-likeness (QED) is 0.682. The maximum absolute atomic E-state index is 12.6. The highest BCUT2D eigenvalue weighted by Gasteiger charge is 2.33. The molecule has 1 heterocycles. The molecule has 5 nitrogen and oxygen atoms in total. The summed E-state index contributed by atoms with van der Waals surface area (Å²) < 4.78 is 43.3. The third-order valence-corrected chi connectivity index (χ3v) is 2.92. The fourth-order valence-corrected chi connectivity index (χ4v) is 2.02. The number of carbonyl (C=O) groups excluding carboxylic acids is 1. The van der Waals surface area contributed by atoms with Crippen molar-refractivity contribution in [2.24, 2.45) is 0 Å². The second-order valence-electron chi connectivity index (χ2n) is 4.06. The summed E-state index contributed by atoms with van der Waals surface area (Å²) >= 11 is 5.96. The standard InChI is InChI=1S/C12H9ClF3N3O2/c1-21-11(20)8-2-7(17)3-9(13)10(8)19-5-6(4-18-19)12(14,15)16/h2-5H,17H2,1H3. The lowest BCUT2D eigenvalue weighted by Gasteiger charge is -2.11. The van der Waals surface area contributed by atoms with Crippen LogP contribution >= 0.6 is 11.6 Å². The summed E-state index contributed by atoms with van der Waals surface area (Å²) in [4.78, 5) is 11.7.